The molecule has 0 amide bonds. The number of H-pyrrole nitrogens is 1. The minimum absolute atomic E-state index is 0.281. The average Bonchev–Trinajstić information content (AvgIpc) is 3.39. The zero-order valence-electron chi connectivity index (χ0n) is 21.9. The van der Waals surface area contributed by atoms with Gasteiger partial charge in [-0.3, -0.25) is 0 Å². The summed E-state index contributed by atoms with van der Waals surface area (Å²) in [6.45, 7) is 14.3. The summed E-state index contributed by atoms with van der Waals surface area (Å²) >= 11 is 0. The van der Waals surface area contributed by atoms with Crippen LogP contribution in [-0.4, -0.2) is 37.1 Å². The number of carbonyl (C=O) groups excluding carboxylic acids is 1. The predicted molar refractivity (Wildman–Crippen MR) is 148 cm³/mol. The molecule has 5 nitrogen and oxygen atoms in total. The van der Waals surface area contributed by atoms with Gasteiger partial charge in [0, 0.05) is 70.8 Å². The molecule has 0 saturated heterocycles. The Morgan fingerprint density at radius 2 is 1.42 bits per heavy atom. The van der Waals surface area contributed by atoms with Crippen molar-refractivity contribution in [1.82, 2.24) is 4.98 Å². The van der Waals surface area contributed by atoms with Crippen molar-refractivity contribution >= 4 is 28.2 Å². The van der Waals surface area contributed by atoms with Gasteiger partial charge in [-0.25, -0.2) is 4.79 Å². The molecule has 5 heteroatoms. The first-order chi connectivity index (χ1) is 17.5. The molecule has 0 fully saturated rings. The number of carbonyl (C=O) groups is 1. The quantitative estimate of drug-likeness (QED) is 0.287. The van der Waals surface area contributed by atoms with E-state index in [0.717, 1.165) is 70.8 Å². The number of nitrogens with zero attached hydrogens (tertiary/aromatic N) is 2. The summed E-state index contributed by atoms with van der Waals surface area (Å²) in [4.78, 5) is 21.7. The van der Waals surface area contributed by atoms with Crippen LogP contribution in [0.2, 0.25) is 0 Å². The fourth-order valence-corrected chi connectivity index (χ4v) is 5.81. The summed E-state index contributed by atoms with van der Waals surface area (Å²) in [6.07, 6.45) is 0. The van der Waals surface area contributed by atoms with E-state index < -0.39 is 5.60 Å². The molecule has 1 N–H and O–H groups in total. The molecule has 36 heavy (non-hydrogen) atoms. The van der Waals surface area contributed by atoms with Gasteiger partial charge in [-0.1, -0.05) is 36.4 Å². The maximum Gasteiger partial charge on any atom is 0.340 e. The number of anilines is 2. The maximum atomic E-state index is 13.6. The molecule has 3 aromatic carbocycles. The van der Waals surface area contributed by atoms with Gasteiger partial charge in [-0.2, -0.15) is 0 Å². The minimum atomic E-state index is -1.03. The number of rotatable bonds is 8. The first-order valence-electron chi connectivity index (χ1n) is 13.0. The van der Waals surface area contributed by atoms with E-state index in [1.807, 2.05) is 18.2 Å². The van der Waals surface area contributed by atoms with Gasteiger partial charge in [0.2, 0.25) is 0 Å². The van der Waals surface area contributed by atoms with Crippen LogP contribution in [0, 0.1) is 6.92 Å². The molecule has 4 aromatic rings. The number of aryl methyl sites for hydroxylation is 1. The molecule has 5 rings (SSSR count). The number of nitrogens with one attached hydrogen (secondary N) is 1. The van der Waals surface area contributed by atoms with E-state index in [4.69, 9.17) is 4.74 Å². The number of ether oxygens (including phenoxy) is 1. The SMILES string of the molecule is CCN(CC)c1ccc(C2(c3c(C)[nH]c4ccccc34)OC(=O)c3cc(N(CC)CC)ccc32)cc1. The molecule has 1 aliphatic rings. The van der Waals surface area contributed by atoms with Gasteiger partial charge in [0.15, 0.2) is 5.60 Å². The lowest BCUT2D eigenvalue weighted by Crippen LogP contribution is -2.30. The highest BCUT2D eigenvalue weighted by Gasteiger charge is 2.50. The van der Waals surface area contributed by atoms with Crippen molar-refractivity contribution in [3.8, 4) is 0 Å². The molecule has 1 aliphatic heterocycles. The Hall–Kier alpha value is -3.73. The van der Waals surface area contributed by atoms with E-state index in [9.17, 15) is 4.79 Å². The van der Waals surface area contributed by atoms with Crippen molar-refractivity contribution in [2.45, 2.75) is 40.2 Å². The van der Waals surface area contributed by atoms with Crippen LogP contribution in [0.25, 0.3) is 10.9 Å². The van der Waals surface area contributed by atoms with Crippen molar-refractivity contribution in [2.75, 3.05) is 36.0 Å². The summed E-state index contributed by atoms with van der Waals surface area (Å²) in [5.74, 6) is -0.281. The second-order valence-electron chi connectivity index (χ2n) is 9.36. The molecule has 0 aliphatic carbocycles. The van der Waals surface area contributed by atoms with E-state index in [1.165, 1.54) is 0 Å². The topological polar surface area (TPSA) is 48.6 Å². The van der Waals surface area contributed by atoms with Gasteiger partial charge >= 0.3 is 5.97 Å². The maximum absolute atomic E-state index is 13.6. The highest BCUT2D eigenvalue weighted by atomic mass is 16.6. The Morgan fingerprint density at radius 3 is 2.08 bits per heavy atom. The number of para-hydroxylation sites is 1. The Kier molecular flexibility index (Phi) is 6.25. The normalized spacial score (nSPS) is 16.8. The van der Waals surface area contributed by atoms with E-state index >= 15 is 0 Å². The number of benzene rings is 3. The Morgan fingerprint density at radius 1 is 0.806 bits per heavy atom. The number of aromatic amines is 1. The molecule has 0 saturated carbocycles. The van der Waals surface area contributed by atoms with Crippen LogP contribution >= 0.6 is 0 Å². The smallest absolute Gasteiger partial charge is 0.340 e. The molecule has 1 atom stereocenters. The van der Waals surface area contributed by atoms with Gasteiger partial charge in [0.25, 0.3) is 0 Å². The van der Waals surface area contributed by atoms with Crippen LogP contribution in [0.15, 0.2) is 66.7 Å². The van der Waals surface area contributed by atoms with E-state index in [2.05, 4.69) is 97.9 Å². The Balaban J connectivity index is 1.78. The van der Waals surface area contributed by atoms with E-state index in [1.54, 1.807) is 0 Å². The zero-order valence-corrected chi connectivity index (χ0v) is 21.9. The standard InChI is InChI=1S/C31H35N3O2/c1-6-33(7-2)23-16-14-22(15-17-23)31(29-21(5)32-28-13-11-10-12-25(28)29)27-19-18-24(34(8-3)9-4)20-26(27)30(35)36-31/h10-20,32H,6-9H2,1-5H3. The Labute approximate surface area is 213 Å². The third-order valence-electron chi connectivity index (χ3n) is 7.62. The second kappa shape index (κ2) is 9.38. The highest BCUT2D eigenvalue weighted by Crippen LogP contribution is 2.51. The average molecular weight is 482 g/mol. The van der Waals surface area contributed by atoms with Crippen LogP contribution in [0.5, 0.6) is 0 Å². The lowest BCUT2D eigenvalue weighted by atomic mass is 9.78. The summed E-state index contributed by atoms with van der Waals surface area (Å²) in [7, 11) is 0. The van der Waals surface area contributed by atoms with Crippen molar-refractivity contribution < 1.29 is 9.53 Å². The summed E-state index contributed by atoms with van der Waals surface area (Å²) in [5.41, 5.74) is 6.69. The molecule has 186 valence electrons. The number of hydrogen-bond donors (Lipinski definition) is 1. The first-order valence-corrected chi connectivity index (χ1v) is 13.0. The van der Waals surface area contributed by atoms with Gasteiger partial charge in [-0.15, -0.1) is 0 Å². The number of cyclic esters (lactones) is 1. The lowest BCUT2D eigenvalue weighted by molar-refractivity contribution is 0.0254. The van der Waals surface area contributed by atoms with Crippen LogP contribution in [0.4, 0.5) is 11.4 Å². The largest absolute Gasteiger partial charge is 0.440 e. The molecule has 2 heterocycles. The van der Waals surface area contributed by atoms with Crippen molar-refractivity contribution in [1.29, 1.82) is 0 Å². The molecule has 1 aromatic heterocycles. The number of aromatic nitrogens is 1. The van der Waals surface area contributed by atoms with E-state index in [0.29, 0.717) is 5.56 Å². The zero-order chi connectivity index (χ0) is 25.4. The second-order valence-corrected chi connectivity index (χ2v) is 9.36. The molecule has 0 bridgehead atoms. The third kappa shape index (κ3) is 3.57. The lowest BCUT2D eigenvalue weighted by Gasteiger charge is -2.31. The fourth-order valence-electron chi connectivity index (χ4n) is 5.81. The predicted octanol–water partition coefficient (Wildman–Crippen LogP) is 6.63. The van der Waals surface area contributed by atoms with Crippen LogP contribution in [0.3, 0.4) is 0 Å². The highest BCUT2D eigenvalue weighted by molar-refractivity contribution is 5.99. The number of esters is 1. The van der Waals surface area contributed by atoms with E-state index in [-0.39, 0.29) is 5.97 Å². The van der Waals surface area contributed by atoms with Gasteiger partial charge in [0.05, 0.1) is 5.56 Å². The van der Waals surface area contributed by atoms with Crippen molar-refractivity contribution in [2.24, 2.45) is 0 Å². The van der Waals surface area contributed by atoms with Gasteiger partial charge < -0.3 is 19.5 Å². The van der Waals surface area contributed by atoms with Crippen molar-refractivity contribution in [3.63, 3.8) is 0 Å². The monoisotopic (exact) mass is 481 g/mol. The summed E-state index contributed by atoms with van der Waals surface area (Å²) in [6, 6.07) is 23.0. The van der Waals surface area contributed by atoms with Gasteiger partial charge in [0.1, 0.15) is 0 Å². The number of fused-ring (bicyclic) bond motifs is 2. The molecule has 0 spiro atoms. The molecular weight excluding hydrogens is 446 g/mol. The molecule has 1 unspecified atom stereocenters. The third-order valence-corrected chi connectivity index (χ3v) is 7.62. The van der Waals surface area contributed by atoms with Crippen LogP contribution in [0.1, 0.15) is 60.4 Å². The first kappa shape index (κ1) is 24.0. The summed E-state index contributed by atoms with van der Waals surface area (Å²) < 4.78 is 6.50. The van der Waals surface area contributed by atoms with Crippen LogP contribution < -0.4 is 9.80 Å². The van der Waals surface area contributed by atoms with Crippen molar-refractivity contribution in [3.05, 3.63) is 94.7 Å². The molecular formula is C31H35N3O2. The fraction of sp³-hybridized carbons (Fsp3) is 0.323. The minimum Gasteiger partial charge on any atom is -0.440 e. The Bertz CT molecular complexity index is 1400. The summed E-state index contributed by atoms with van der Waals surface area (Å²) in [5, 5.41) is 1.07. The number of hydrogen-bond acceptors (Lipinski definition) is 4. The van der Waals surface area contributed by atoms with Crippen LogP contribution in [-0.2, 0) is 10.3 Å². The van der Waals surface area contributed by atoms with Gasteiger partial charge in [-0.05, 0) is 65.0 Å². The molecule has 0 radical (unpaired) electrons.